The lowest BCUT2D eigenvalue weighted by molar-refractivity contribution is -0.134. The summed E-state index contributed by atoms with van der Waals surface area (Å²) in [6.07, 6.45) is 0. The molecule has 1 atom stereocenters. The van der Waals surface area contributed by atoms with Gasteiger partial charge in [-0.3, -0.25) is 4.79 Å². The smallest absolute Gasteiger partial charge is 0.246 e. The van der Waals surface area contributed by atoms with Crippen LogP contribution in [0.4, 0.5) is 0 Å². The molecule has 0 radical (unpaired) electrons. The lowest BCUT2D eigenvalue weighted by Gasteiger charge is -2.28. The maximum absolute atomic E-state index is 12.0. The van der Waals surface area contributed by atoms with Crippen LogP contribution in [0.3, 0.4) is 0 Å². The van der Waals surface area contributed by atoms with Crippen molar-refractivity contribution in [2.75, 3.05) is 26.3 Å². The maximum atomic E-state index is 12.0. The standard InChI is InChI=1S/C10H11BrClNO2S/c11-7-5-8(16-6-7)9(12)10(14)13-1-3-15-4-2-13/h5-6,9H,1-4H2. The molecule has 1 fully saturated rings. The summed E-state index contributed by atoms with van der Waals surface area (Å²) in [5.41, 5.74) is 0. The minimum absolute atomic E-state index is 0.0284. The molecule has 16 heavy (non-hydrogen) atoms. The first-order valence-electron chi connectivity index (χ1n) is 4.93. The Morgan fingerprint density at radius 2 is 2.25 bits per heavy atom. The second-order valence-electron chi connectivity index (χ2n) is 3.47. The molecule has 1 aliphatic heterocycles. The Labute approximate surface area is 111 Å². The van der Waals surface area contributed by atoms with Crippen LogP contribution < -0.4 is 0 Å². The van der Waals surface area contributed by atoms with Gasteiger partial charge in [0.15, 0.2) is 0 Å². The molecule has 6 heteroatoms. The molecule has 0 bridgehead atoms. The fourth-order valence-corrected chi connectivity index (χ4v) is 3.29. The fourth-order valence-electron chi connectivity index (χ4n) is 1.53. The third-order valence-electron chi connectivity index (χ3n) is 2.38. The van der Waals surface area contributed by atoms with E-state index in [1.165, 1.54) is 11.3 Å². The molecule has 1 unspecified atom stereocenters. The van der Waals surface area contributed by atoms with Crippen molar-refractivity contribution in [2.45, 2.75) is 5.38 Å². The number of hydrogen-bond acceptors (Lipinski definition) is 3. The lowest BCUT2D eigenvalue weighted by Crippen LogP contribution is -2.42. The normalized spacial score (nSPS) is 18.5. The molecule has 1 saturated heterocycles. The van der Waals surface area contributed by atoms with E-state index >= 15 is 0 Å². The van der Waals surface area contributed by atoms with Crippen LogP contribution in [0, 0.1) is 0 Å². The minimum atomic E-state index is -0.575. The number of carbonyl (C=O) groups excluding carboxylic acids is 1. The summed E-state index contributed by atoms with van der Waals surface area (Å²) in [4.78, 5) is 14.7. The number of hydrogen-bond donors (Lipinski definition) is 0. The molecule has 0 N–H and O–H groups in total. The quantitative estimate of drug-likeness (QED) is 0.783. The van der Waals surface area contributed by atoms with E-state index in [-0.39, 0.29) is 5.91 Å². The number of morpholine rings is 1. The van der Waals surface area contributed by atoms with Crippen molar-refractivity contribution < 1.29 is 9.53 Å². The number of rotatable bonds is 2. The number of halogens is 2. The van der Waals surface area contributed by atoms with E-state index in [0.717, 1.165) is 9.35 Å². The lowest BCUT2D eigenvalue weighted by atomic mass is 10.3. The van der Waals surface area contributed by atoms with E-state index in [1.54, 1.807) is 4.90 Å². The summed E-state index contributed by atoms with van der Waals surface area (Å²) in [5.74, 6) is -0.0284. The highest BCUT2D eigenvalue weighted by Crippen LogP contribution is 2.31. The van der Waals surface area contributed by atoms with E-state index in [2.05, 4.69) is 15.9 Å². The summed E-state index contributed by atoms with van der Waals surface area (Å²) in [7, 11) is 0. The first-order chi connectivity index (χ1) is 7.68. The van der Waals surface area contributed by atoms with Gasteiger partial charge in [-0.05, 0) is 22.0 Å². The number of nitrogens with zero attached hydrogens (tertiary/aromatic N) is 1. The Balaban J connectivity index is 2.03. The zero-order valence-electron chi connectivity index (χ0n) is 8.49. The minimum Gasteiger partial charge on any atom is -0.378 e. The largest absolute Gasteiger partial charge is 0.378 e. The monoisotopic (exact) mass is 323 g/mol. The maximum Gasteiger partial charge on any atom is 0.246 e. The van der Waals surface area contributed by atoms with E-state index < -0.39 is 5.38 Å². The van der Waals surface area contributed by atoms with Crippen molar-refractivity contribution >= 4 is 44.8 Å². The molecule has 88 valence electrons. The van der Waals surface area contributed by atoms with Crippen LogP contribution in [0.1, 0.15) is 10.3 Å². The summed E-state index contributed by atoms with van der Waals surface area (Å²) >= 11 is 11.0. The van der Waals surface area contributed by atoms with Gasteiger partial charge in [-0.1, -0.05) is 0 Å². The molecule has 0 saturated carbocycles. The highest BCUT2D eigenvalue weighted by atomic mass is 79.9. The van der Waals surface area contributed by atoms with Gasteiger partial charge in [-0.15, -0.1) is 22.9 Å². The molecule has 1 amide bonds. The van der Waals surface area contributed by atoms with Crippen LogP contribution in [0.2, 0.25) is 0 Å². The van der Waals surface area contributed by atoms with Crippen molar-refractivity contribution in [3.8, 4) is 0 Å². The Hall–Kier alpha value is -0.100. The predicted octanol–water partition coefficient (Wildman–Crippen LogP) is 2.65. The van der Waals surface area contributed by atoms with Crippen molar-refractivity contribution in [3.05, 3.63) is 20.8 Å². The molecule has 2 rings (SSSR count). The number of alkyl halides is 1. The molecular formula is C10H11BrClNO2S. The second kappa shape index (κ2) is 5.49. The van der Waals surface area contributed by atoms with Crippen LogP contribution in [0.25, 0.3) is 0 Å². The highest BCUT2D eigenvalue weighted by Gasteiger charge is 2.26. The SMILES string of the molecule is O=C(C(Cl)c1cc(Br)cs1)N1CCOCC1. The topological polar surface area (TPSA) is 29.5 Å². The number of ether oxygens (including phenoxy) is 1. The van der Waals surface area contributed by atoms with Gasteiger partial charge < -0.3 is 9.64 Å². The Morgan fingerprint density at radius 1 is 1.56 bits per heavy atom. The molecule has 1 aromatic rings. The zero-order chi connectivity index (χ0) is 11.5. The molecular weight excluding hydrogens is 314 g/mol. The van der Waals surface area contributed by atoms with E-state index in [4.69, 9.17) is 16.3 Å². The van der Waals surface area contributed by atoms with Gasteiger partial charge in [0.2, 0.25) is 5.91 Å². The number of amides is 1. The third-order valence-corrected chi connectivity index (χ3v) is 4.69. The Bertz CT molecular complexity index is 379. The molecule has 1 aliphatic rings. The van der Waals surface area contributed by atoms with Crippen LogP contribution >= 0.6 is 38.9 Å². The van der Waals surface area contributed by atoms with Crippen LogP contribution in [0.15, 0.2) is 15.9 Å². The zero-order valence-corrected chi connectivity index (χ0v) is 11.6. The number of thiophene rings is 1. The molecule has 1 aromatic heterocycles. The predicted molar refractivity (Wildman–Crippen MR) is 68.0 cm³/mol. The summed E-state index contributed by atoms with van der Waals surface area (Å²) in [6, 6.07) is 1.89. The van der Waals surface area contributed by atoms with Gasteiger partial charge in [0.05, 0.1) is 13.2 Å². The van der Waals surface area contributed by atoms with Crippen molar-refractivity contribution in [1.29, 1.82) is 0 Å². The van der Waals surface area contributed by atoms with Crippen LogP contribution in [-0.2, 0) is 9.53 Å². The summed E-state index contributed by atoms with van der Waals surface area (Å²) in [6.45, 7) is 2.47. The fraction of sp³-hybridized carbons (Fsp3) is 0.500. The highest BCUT2D eigenvalue weighted by molar-refractivity contribution is 9.10. The molecule has 0 aliphatic carbocycles. The van der Waals surface area contributed by atoms with Gasteiger partial charge in [0.1, 0.15) is 5.38 Å². The van der Waals surface area contributed by atoms with Crippen molar-refractivity contribution in [1.82, 2.24) is 4.90 Å². The third kappa shape index (κ3) is 2.77. The van der Waals surface area contributed by atoms with E-state index in [1.807, 2.05) is 11.4 Å². The van der Waals surface area contributed by atoms with Gasteiger partial charge >= 0.3 is 0 Å². The van der Waals surface area contributed by atoms with Crippen LogP contribution in [-0.4, -0.2) is 37.1 Å². The summed E-state index contributed by atoms with van der Waals surface area (Å²) in [5, 5.41) is 1.35. The molecule has 0 spiro atoms. The Kier molecular flexibility index (Phi) is 4.24. The van der Waals surface area contributed by atoms with E-state index in [9.17, 15) is 4.79 Å². The first-order valence-corrected chi connectivity index (χ1v) is 7.04. The first kappa shape index (κ1) is 12.4. The van der Waals surface area contributed by atoms with Crippen molar-refractivity contribution in [2.24, 2.45) is 0 Å². The van der Waals surface area contributed by atoms with Gasteiger partial charge in [-0.25, -0.2) is 0 Å². The second-order valence-corrected chi connectivity index (χ2v) is 5.76. The average molecular weight is 325 g/mol. The molecule has 0 aromatic carbocycles. The van der Waals surface area contributed by atoms with Crippen molar-refractivity contribution in [3.63, 3.8) is 0 Å². The Morgan fingerprint density at radius 3 is 2.81 bits per heavy atom. The molecule has 3 nitrogen and oxygen atoms in total. The van der Waals surface area contributed by atoms with Crippen LogP contribution in [0.5, 0.6) is 0 Å². The molecule has 2 heterocycles. The van der Waals surface area contributed by atoms with Gasteiger partial charge in [0.25, 0.3) is 0 Å². The average Bonchev–Trinajstić information content (AvgIpc) is 2.75. The van der Waals surface area contributed by atoms with Gasteiger partial charge in [0, 0.05) is 27.8 Å². The van der Waals surface area contributed by atoms with Gasteiger partial charge in [-0.2, -0.15) is 0 Å². The van der Waals surface area contributed by atoms with E-state index in [0.29, 0.717) is 26.3 Å². The number of carbonyl (C=O) groups is 1. The summed E-state index contributed by atoms with van der Waals surface area (Å²) < 4.78 is 6.16.